The minimum atomic E-state index is -0.826. The number of carbonyl (C=O) groups excluding carboxylic acids is 1. The van der Waals surface area contributed by atoms with Crippen molar-refractivity contribution in [3.05, 3.63) is 52.1 Å². The Morgan fingerprint density at radius 1 is 1.48 bits per heavy atom. The van der Waals surface area contributed by atoms with Crippen LogP contribution in [0.25, 0.3) is 0 Å². The van der Waals surface area contributed by atoms with E-state index in [1.54, 1.807) is 26.0 Å². The Morgan fingerprint density at radius 3 is 2.78 bits per heavy atom. The maximum Gasteiger partial charge on any atom is 0.338 e. The summed E-state index contributed by atoms with van der Waals surface area (Å²) in [5.41, 5.74) is 7.32. The van der Waals surface area contributed by atoms with Crippen molar-refractivity contribution in [3.8, 4) is 11.8 Å². The van der Waals surface area contributed by atoms with E-state index in [0.29, 0.717) is 5.56 Å². The molecule has 0 saturated heterocycles. The number of phenolic OH excluding ortho intramolecular Hbond substituents is 1. The van der Waals surface area contributed by atoms with E-state index in [1.165, 1.54) is 6.07 Å². The lowest BCUT2D eigenvalue weighted by Gasteiger charge is -2.27. The van der Waals surface area contributed by atoms with Gasteiger partial charge in [0.1, 0.15) is 23.2 Å². The minimum Gasteiger partial charge on any atom is -0.508 e. The van der Waals surface area contributed by atoms with Gasteiger partial charge in [-0.3, -0.25) is 0 Å². The van der Waals surface area contributed by atoms with E-state index in [2.05, 4.69) is 0 Å². The summed E-state index contributed by atoms with van der Waals surface area (Å²) in [7, 11) is 0. The van der Waals surface area contributed by atoms with Crippen LogP contribution in [0.1, 0.15) is 30.9 Å². The predicted molar refractivity (Wildman–Crippen MR) is 82.8 cm³/mol. The molecule has 0 aromatic heterocycles. The summed E-state index contributed by atoms with van der Waals surface area (Å²) in [5.74, 6) is -1.28. The molecule has 0 radical (unpaired) electrons. The molecule has 0 fully saturated rings. The number of nitriles is 1. The quantitative estimate of drug-likeness (QED) is 0.830. The van der Waals surface area contributed by atoms with Gasteiger partial charge in [0.2, 0.25) is 5.88 Å². The molecule has 6 nitrogen and oxygen atoms in total. The molecule has 1 aromatic rings. The van der Waals surface area contributed by atoms with Crippen LogP contribution in [-0.2, 0) is 14.3 Å². The zero-order chi connectivity index (χ0) is 17.1. The number of hydrogen-bond acceptors (Lipinski definition) is 6. The zero-order valence-corrected chi connectivity index (χ0v) is 13.2. The number of esters is 1. The van der Waals surface area contributed by atoms with Gasteiger partial charge < -0.3 is 20.3 Å². The highest BCUT2D eigenvalue weighted by atomic mass is 16.5. The van der Waals surface area contributed by atoms with E-state index < -0.39 is 11.9 Å². The number of benzene rings is 1. The van der Waals surface area contributed by atoms with Gasteiger partial charge >= 0.3 is 5.97 Å². The lowest BCUT2D eigenvalue weighted by atomic mass is 9.82. The normalized spacial score (nSPS) is 17.6. The van der Waals surface area contributed by atoms with E-state index in [4.69, 9.17) is 15.2 Å². The average molecular weight is 314 g/mol. The van der Waals surface area contributed by atoms with E-state index in [1.807, 2.05) is 13.0 Å². The van der Waals surface area contributed by atoms with E-state index in [-0.39, 0.29) is 35.1 Å². The summed E-state index contributed by atoms with van der Waals surface area (Å²) in [6, 6.07) is 6.94. The SMILES string of the molecule is CCOC(=O)C1=C(C)OC(N)=C(C#N)C1c1cc(C)ccc1O. The highest BCUT2D eigenvalue weighted by molar-refractivity contribution is 5.92. The first-order valence-electron chi connectivity index (χ1n) is 7.15. The fourth-order valence-corrected chi connectivity index (χ4v) is 2.57. The molecule has 1 aliphatic rings. The van der Waals surface area contributed by atoms with Gasteiger partial charge in [0, 0.05) is 5.56 Å². The Labute approximate surface area is 134 Å². The molecule has 1 atom stereocenters. The molecule has 23 heavy (non-hydrogen) atoms. The smallest absolute Gasteiger partial charge is 0.338 e. The summed E-state index contributed by atoms with van der Waals surface area (Å²) in [4.78, 5) is 12.3. The van der Waals surface area contributed by atoms with Crippen LogP contribution in [0.5, 0.6) is 5.75 Å². The monoisotopic (exact) mass is 314 g/mol. The van der Waals surface area contributed by atoms with Gasteiger partial charge in [-0.1, -0.05) is 17.7 Å². The van der Waals surface area contributed by atoms with Gasteiger partial charge in [-0.2, -0.15) is 5.26 Å². The molecule has 6 heteroatoms. The number of ether oxygens (including phenoxy) is 2. The third kappa shape index (κ3) is 2.99. The minimum absolute atomic E-state index is 0.0300. The number of aryl methyl sites for hydroxylation is 1. The third-order valence-electron chi connectivity index (χ3n) is 3.59. The zero-order valence-electron chi connectivity index (χ0n) is 13.2. The molecule has 0 amide bonds. The average Bonchev–Trinajstić information content (AvgIpc) is 2.49. The van der Waals surface area contributed by atoms with Crippen LogP contribution in [0.2, 0.25) is 0 Å². The van der Waals surface area contributed by atoms with Gasteiger partial charge in [0.05, 0.1) is 18.1 Å². The van der Waals surface area contributed by atoms with Crippen molar-refractivity contribution in [3.63, 3.8) is 0 Å². The molecule has 0 saturated carbocycles. The Balaban J connectivity index is 2.69. The second-order valence-electron chi connectivity index (χ2n) is 5.18. The van der Waals surface area contributed by atoms with Gasteiger partial charge in [-0.05, 0) is 26.8 Å². The number of rotatable bonds is 3. The summed E-state index contributed by atoms with van der Waals surface area (Å²) in [5, 5.41) is 19.7. The standard InChI is InChI=1S/C17H18N2O4/c1-4-22-17(21)14-10(3)23-16(19)12(8-18)15(14)11-7-9(2)5-6-13(11)20/h5-7,15,20H,4,19H2,1-3H3. The van der Waals surface area contributed by atoms with Crippen molar-refractivity contribution in [1.82, 2.24) is 0 Å². The Bertz CT molecular complexity index is 756. The van der Waals surface area contributed by atoms with Crippen molar-refractivity contribution in [2.75, 3.05) is 6.61 Å². The van der Waals surface area contributed by atoms with Crippen LogP contribution in [0, 0.1) is 18.3 Å². The Morgan fingerprint density at radius 2 is 2.17 bits per heavy atom. The van der Waals surface area contributed by atoms with Crippen LogP contribution in [0.3, 0.4) is 0 Å². The van der Waals surface area contributed by atoms with Crippen molar-refractivity contribution in [2.45, 2.75) is 26.7 Å². The number of nitrogens with zero attached hydrogens (tertiary/aromatic N) is 1. The molecule has 0 aliphatic carbocycles. The molecule has 2 rings (SSSR count). The summed E-state index contributed by atoms with van der Waals surface area (Å²) < 4.78 is 10.4. The fourth-order valence-electron chi connectivity index (χ4n) is 2.57. The summed E-state index contributed by atoms with van der Waals surface area (Å²) in [6.45, 7) is 5.30. The largest absolute Gasteiger partial charge is 0.508 e. The fraction of sp³-hybridized carbons (Fsp3) is 0.294. The lowest BCUT2D eigenvalue weighted by Crippen LogP contribution is -2.25. The third-order valence-corrected chi connectivity index (χ3v) is 3.59. The number of hydrogen-bond donors (Lipinski definition) is 2. The van der Waals surface area contributed by atoms with Crippen LogP contribution < -0.4 is 5.73 Å². The molecule has 0 bridgehead atoms. The predicted octanol–water partition coefficient (Wildman–Crippen LogP) is 2.35. The Kier molecular flexibility index (Phi) is 4.60. The highest BCUT2D eigenvalue weighted by Crippen LogP contribution is 2.42. The molecule has 1 heterocycles. The molecule has 1 aromatic carbocycles. The molecular formula is C17H18N2O4. The molecular weight excluding hydrogens is 296 g/mol. The maximum atomic E-state index is 12.3. The molecule has 120 valence electrons. The second-order valence-corrected chi connectivity index (χ2v) is 5.18. The van der Waals surface area contributed by atoms with Crippen molar-refractivity contribution < 1.29 is 19.4 Å². The lowest BCUT2D eigenvalue weighted by molar-refractivity contribution is -0.139. The maximum absolute atomic E-state index is 12.3. The summed E-state index contributed by atoms with van der Waals surface area (Å²) in [6.07, 6.45) is 0. The van der Waals surface area contributed by atoms with Gasteiger partial charge in [0.25, 0.3) is 0 Å². The highest BCUT2D eigenvalue weighted by Gasteiger charge is 2.37. The van der Waals surface area contributed by atoms with Crippen LogP contribution in [0.4, 0.5) is 0 Å². The van der Waals surface area contributed by atoms with E-state index in [0.717, 1.165) is 5.56 Å². The van der Waals surface area contributed by atoms with Crippen molar-refractivity contribution in [2.24, 2.45) is 5.73 Å². The topological polar surface area (TPSA) is 106 Å². The van der Waals surface area contributed by atoms with Crippen LogP contribution >= 0.6 is 0 Å². The number of aromatic hydroxyl groups is 1. The van der Waals surface area contributed by atoms with Gasteiger partial charge in [-0.25, -0.2) is 4.79 Å². The first-order chi connectivity index (χ1) is 10.9. The summed E-state index contributed by atoms with van der Waals surface area (Å²) >= 11 is 0. The van der Waals surface area contributed by atoms with Crippen molar-refractivity contribution in [1.29, 1.82) is 5.26 Å². The number of allylic oxidation sites excluding steroid dienone is 2. The number of nitrogens with two attached hydrogens (primary N) is 1. The number of carbonyl (C=O) groups is 1. The van der Waals surface area contributed by atoms with E-state index in [9.17, 15) is 15.2 Å². The first-order valence-corrected chi connectivity index (χ1v) is 7.15. The molecule has 1 unspecified atom stereocenters. The Hall–Kier alpha value is -2.94. The molecule has 3 N–H and O–H groups in total. The number of phenols is 1. The molecule has 1 aliphatic heterocycles. The van der Waals surface area contributed by atoms with Gasteiger partial charge in [0.15, 0.2) is 0 Å². The van der Waals surface area contributed by atoms with Crippen LogP contribution in [0.15, 0.2) is 41.0 Å². The second kappa shape index (κ2) is 6.44. The van der Waals surface area contributed by atoms with Crippen LogP contribution in [-0.4, -0.2) is 17.7 Å². The first kappa shape index (κ1) is 16.4. The van der Waals surface area contributed by atoms with Crippen molar-refractivity contribution >= 4 is 5.97 Å². The van der Waals surface area contributed by atoms with E-state index >= 15 is 0 Å². The van der Waals surface area contributed by atoms with Gasteiger partial charge in [-0.15, -0.1) is 0 Å². The molecule has 0 spiro atoms.